The minimum absolute atomic E-state index is 1.07. The third-order valence-electron chi connectivity index (χ3n) is 4.10. The number of rotatable bonds is 5. The number of benzene rings is 3. The Labute approximate surface area is 142 Å². The molecule has 0 aliphatic rings. The van der Waals surface area contributed by atoms with Gasteiger partial charge in [-0.05, 0) is 0 Å². The number of hydrogen-bond acceptors (Lipinski definition) is 0. The van der Waals surface area contributed by atoms with Crippen molar-refractivity contribution in [2.45, 2.75) is 12.1 Å². The molecule has 0 bridgehead atoms. The van der Waals surface area contributed by atoms with Crippen LogP contribution in [-0.4, -0.2) is 13.6 Å². The predicted octanol–water partition coefficient (Wildman–Crippen LogP) is 3.73. The molecule has 0 saturated heterocycles. The third kappa shape index (κ3) is 3.18. The summed E-state index contributed by atoms with van der Waals surface area (Å²) >= 11 is -2.53. The van der Waals surface area contributed by atoms with E-state index in [-0.39, 0.29) is 0 Å². The Morgan fingerprint density at radius 1 is 0.652 bits per heavy atom. The predicted molar refractivity (Wildman–Crippen MR) is 104 cm³/mol. The molecule has 0 aromatic heterocycles. The van der Waals surface area contributed by atoms with Gasteiger partial charge in [-0.1, -0.05) is 0 Å². The summed E-state index contributed by atoms with van der Waals surface area (Å²) in [6.45, 7) is 6.42. The number of hydrogen-bond donors (Lipinski definition) is 0. The second-order valence-corrected chi connectivity index (χ2v) is 13.2. The molecule has 0 aliphatic carbocycles. The first-order valence-electron chi connectivity index (χ1n) is 7.93. The van der Waals surface area contributed by atoms with Crippen molar-refractivity contribution in [1.82, 2.24) is 0 Å². The average molecular weight is 361 g/mol. The molecule has 0 aliphatic heterocycles. The monoisotopic (exact) mass is 361 g/mol. The normalized spacial score (nSPS) is 11.2. The van der Waals surface area contributed by atoms with Crippen molar-refractivity contribution in [3.8, 4) is 0 Å². The van der Waals surface area contributed by atoms with Crippen molar-refractivity contribution in [3.05, 3.63) is 103 Å². The molecule has 0 amide bonds. The van der Waals surface area contributed by atoms with Crippen LogP contribution in [0.25, 0.3) is 0 Å². The van der Waals surface area contributed by atoms with Gasteiger partial charge in [0.05, 0.1) is 0 Å². The van der Waals surface area contributed by atoms with E-state index in [1.54, 1.807) is 0 Å². The Morgan fingerprint density at radius 3 is 1.22 bits per heavy atom. The Hall–Kier alpha value is -2.04. The van der Waals surface area contributed by atoms with Crippen molar-refractivity contribution < 1.29 is 0 Å². The van der Waals surface area contributed by atoms with Crippen LogP contribution in [0.1, 0.15) is 6.92 Å². The fourth-order valence-corrected chi connectivity index (χ4v) is 12.2. The first-order valence-corrected chi connectivity index (χ1v) is 12.1. The fourth-order valence-electron chi connectivity index (χ4n) is 3.17. The van der Waals surface area contributed by atoms with E-state index in [1.165, 1.54) is 18.6 Å². The molecule has 0 fully saturated rings. The second kappa shape index (κ2) is 7.02. The van der Waals surface area contributed by atoms with Crippen LogP contribution >= 0.6 is 0 Å². The van der Waals surface area contributed by atoms with Gasteiger partial charge in [0.25, 0.3) is 0 Å². The zero-order valence-electron chi connectivity index (χ0n) is 13.5. The number of allylic oxidation sites excluding steroid dienone is 1. The topological polar surface area (TPSA) is 0 Å². The summed E-state index contributed by atoms with van der Waals surface area (Å²) in [5.41, 5.74) is 1.26. The summed E-state index contributed by atoms with van der Waals surface area (Å²) in [7, 11) is 0. The van der Waals surface area contributed by atoms with Gasteiger partial charge in [0.15, 0.2) is 0 Å². The molecule has 0 unspecified atom stereocenters. The minimum atomic E-state index is -2.53. The molecule has 3 aromatic carbocycles. The van der Waals surface area contributed by atoms with Gasteiger partial charge in [0, 0.05) is 0 Å². The Balaban J connectivity index is 2.32. The summed E-state index contributed by atoms with van der Waals surface area (Å²) in [4.78, 5) is 0. The molecule has 0 saturated carbocycles. The maximum absolute atomic E-state index is 4.26. The zero-order chi connectivity index (χ0) is 16.1. The van der Waals surface area contributed by atoms with E-state index < -0.39 is 13.6 Å². The molecule has 0 N–H and O–H groups in total. The van der Waals surface area contributed by atoms with Crippen molar-refractivity contribution >= 4 is 26.6 Å². The third-order valence-corrected chi connectivity index (χ3v) is 13.7. The Kier molecular flexibility index (Phi) is 4.84. The molecular formula is C22H22As+. The van der Waals surface area contributed by atoms with Crippen molar-refractivity contribution in [2.24, 2.45) is 0 Å². The second-order valence-electron chi connectivity index (χ2n) is 5.93. The van der Waals surface area contributed by atoms with Crippen LogP contribution in [0.15, 0.2) is 103 Å². The SMILES string of the molecule is C=C(C)C[As+](c1ccccc1)(c1ccccc1)c1ccccc1. The fraction of sp³-hybridized carbons (Fsp3) is 0.0909. The van der Waals surface area contributed by atoms with Gasteiger partial charge in [-0.25, -0.2) is 0 Å². The van der Waals surface area contributed by atoms with E-state index in [0.29, 0.717) is 0 Å². The van der Waals surface area contributed by atoms with Crippen LogP contribution < -0.4 is 13.1 Å². The first kappa shape index (κ1) is 15.8. The summed E-state index contributed by atoms with van der Waals surface area (Å²) in [5.74, 6) is 0. The van der Waals surface area contributed by atoms with Gasteiger partial charge in [-0.2, -0.15) is 0 Å². The standard InChI is InChI=1S/C22H22As/c1-19(2)18-23(20-12-6-3-7-13-20,21-14-8-4-9-15-21)22-16-10-5-11-17-22/h3-17H,1,18H2,2H3/q+1. The van der Waals surface area contributed by atoms with Crippen molar-refractivity contribution in [2.75, 3.05) is 0 Å². The molecule has 3 aromatic rings. The van der Waals surface area contributed by atoms with Gasteiger partial charge in [0.1, 0.15) is 0 Å². The van der Waals surface area contributed by atoms with Crippen LogP contribution in [0.2, 0.25) is 5.21 Å². The zero-order valence-corrected chi connectivity index (χ0v) is 15.4. The van der Waals surface area contributed by atoms with E-state index in [2.05, 4.69) is 104 Å². The van der Waals surface area contributed by atoms with E-state index in [4.69, 9.17) is 0 Å². The van der Waals surface area contributed by atoms with E-state index >= 15 is 0 Å². The molecule has 3 rings (SSSR count). The van der Waals surface area contributed by atoms with Crippen LogP contribution in [0.4, 0.5) is 0 Å². The van der Waals surface area contributed by atoms with Crippen LogP contribution in [0, 0.1) is 0 Å². The summed E-state index contributed by atoms with van der Waals surface area (Å²) in [5, 5.41) is 1.07. The molecule has 0 heterocycles. The summed E-state index contributed by atoms with van der Waals surface area (Å²) in [6, 6.07) is 33.1. The summed E-state index contributed by atoms with van der Waals surface area (Å²) < 4.78 is 4.43. The van der Waals surface area contributed by atoms with E-state index in [1.807, 2.05) is 0 Å². The molecule has 0 nitrogen and oxygen atoms in total. The van der Waals surface area contributed by atoms with Crippen molar-refractivity contribution in [1.29, 1.82) is 0 Å². The van der Waals surface area contributed by atoms with Gasteiger partial charge < -0.3 is 0 Å². The quantitative estimate of drug-likeness (QED) is 0.480. The van der Waals surface area contributed by atoms with Gasteiger partial charge in [0.2, 0.25) is 0 Å². The molecular weight excluding hydrogens is 339 g/mol. The van der Waals surface area contributed by atoms with Gasteiger partial charge in [-0.15, -0.1) is 0 Å². The van der Waals surface area contributed by atoms with Gasteiger partial charge in [-0.3, -0.25) is 0 Å². The molecule has 1 heteroatoms. The molecule has 0 spiro atoms. The average Bonchev–Trinajstić information content (AvgIpc) is 2.62. The molecule has 0 radical (unpaired) electrons. The van der Waals surface area contributed by atoms with E-state index in [9.17, 15) is 0 Å². The molecule has 23 heavy (non-hydrogen) atoms. The van der Waals surface area contributed by atoms with Crippen LogP contribution in [0.5, 0.6) is 0 Å². The Bertz CT molecular complexity index is 664. The maximum atomic E-state index is 4.26. The summed E-state index contributed by atoms with van der Waals surface area (Å²) in [6.07, 6.45) is 0. The van der Waals surface area contributed by atoms with E-state index in [0.717, 1.165) is 5.21 Å². The Morgan fingerprint density at radius 2 is 0.957 bits per heavy atom. The van der Waals surface area contributed by atoms with Crippen LogP contribution in [0.3, 0.4) is 0 Å². The van der Waals surface area contributed by atoms with Crippen LogP contribution in [-0.2, 0) is 0 Å². The first-order chi connectivity index (χ1) is 11.2. The van der Waals surface area contributed by atoms with Gasteiger partial charge >= 0.3 is 142 Å². The molecule has 114 valence electrons. The molecule has 0 atom stereocenters. The van der Waals surface area contributed by atoms with Crippen molar-refractivity contribution in [3.63, 3.8) is 0 Å².